The number of fused-ring (bicyclic) bond motifs is 1. The highest BCUT2D eigenvalue weighted by atomic mass is 35.5. The van der Waals surface area contributed by atoms with E-state index in [4.69, 9.17) is 0 Å². The van der Waals surface area contributed by atoms with Crippen molar-refractivity contribution in [2.45, 2.75) is 37.4 Å². The zero-order valence-electron chi connectivity index (χ0n) is 16.1. The average molecular weight is 401 g/mol. The minimum absolute atomic E-state index is 0. The highest BCUT2D eigenvalue weighted by Crippen LogP contribution is 2.28. The summed E-state index contributed by atoms with van der Waals surface area (Å²) in [5.74, 6) is 0.479. The molecule has 5 nitrogen and oxygen atoms in total. The van der Waals surface area contributed by atoms with Gasteiger partial charge in [-0.05, 0) is 31.0 Å². The molecule has 2 aromatic rings. The van der Waals surface area contributed by atoms with Gasteiger partial charge < -0.3 is 10.6 Å². The van der Waals surface area contributed by atoms with E-state index in [9.17, 15) is 4.79 Å². The molecule has 2 aliphatic rings. The molecule has 0 aromatic heterocycles. The SMILES string of the molecule is CC(NC(=O)C1NNC2CCNCC21)C(c1ccccc1)c1ccccc1.Cl. The van der Waals surface area contributed by atoms with Crippen molar-refractivity contribution in [3.8, 4) is 0 Å². The second kappa shape index (κ2) is 9.52. The molecule has 150 valence electrons. The number of benzene rings is 2. The minimum atomic E-state index is -0.197. The van der Waals surface area contributed by atoms with Gasteiger partial charge in [-0.3, -0.25) is 10.2 Å². The molecule has 0 spiro atoms. The van der Waals surface area contributed by atoms with E-state index in [0.29, 0.717) is 6.04 Å². The number of hydrazine groups is 1. The Morgan fingerprint density at radius 3 is 2.21 bits per heavy atom. The zero-order valence-corrected chi connectivity index (χ0v) is 16.9. The Balaban J connectivity index is 0.00000225. The topological polar surface area (TPSA) is 65.2 Å². The van der Waals surface area contributed by atoms with Gasteiger partial charge in [-0.15, -0.1) is 12.4 Å². The average Bonchev–Trinajstić information content (AvgIpc) is 3.14. The lowest BCUT2D eigenvalue weighted by Gasteiger charge is -2.30. The molecule has 28 heavy (non-hydrogen) atoms. The maximum atomic E-state index is 13.0. The van der Waals surface area contributed by atoms with Crippen molar-refractivity contribution in [1.29, 1.82) is 0 Å². The number of hydrogen-bond donors (Lipinski definition) is 4. The summed E-state index contributed by atoms with van der Waals surface area (Å²) in [6.07, 6.45) is 1.05. The number of hydrogen-bond acceptors (Lipinski definition) is 4. The molecule has 2 fully saturated rings. The molecule has 4 atom stereocenters. The molecule has 2 aromatic carbocycles. The van der Waals surface area contributed by atoms with Crippen LogP contribution in [0, 0.1) is 5.92 Å². The van der Waals surface area contributed by atoms with Gasteiger partial charge in [0.05, 0.1) is 0 Å². The zero-order chi connectivity index (χ0) is 18.6. The van der Waals surface area contributed by atoms with E-state index in [1.165, 1.54) is 11.1 Å². The lowest BCUT2D eigenvalue weighted by atomic mass is 9.85. The Bertz CT molecular complexity index is 718. The van der Waals surface area contributed by atoms with Crippen LogP contribution in [-0.4, -0.2) is 37.1 Å². The molecule has 1 amide bonds. The molecule has 0 saturated carbocycles. The third-order valence-electron chi connectivity index (χ3n) is 5.85. The molecule has 0 radical (unpaired) electrons. The molecule has 2 saturated heterocycles. The summed E-state index contributed by atoms with van der Waals surface area (Å²) >= 11 is 0. The first-order chi connectivity index (χ1) is 13.2. The maximum Gasteiger partial charge on any atom is 0.239 e. The molecule has 2 aliphatic heterocycles. The lowest BCUT2D eigenvalue weighted by Crippen LogP contribution is -2.52. The number of carbonyl (C=O) groups excluding carboxylic acids is 1. The first kappa shape index (κ1) is 20.8. The largest absolute Gasteiger partial charge is 0.351 e. The van der Waals surface area contributed by atoms with E-state index in [0.717, 1.165) is 19.5 Å². The monoisotopic (exact) mass is 400 g/mol. The van der Waals surface area contributed by atoms with Gasteiger partial charge in [0, 0.05) is 30.5 Å². The fraction of sp³-hybridized carbons (Fsp3) is 0.409. The van der Waals surface area contributed by atoms with Gasteiger partial charge in [0.15, 0.2) is 0 Å². The van der Waals surface area contributed by atoms with Crippen LogP contribution in [0.15, 0.2) is 60.7 Å². The molecular formula is C22H29ClN4O. The Kier molecular flexibility index (Phi) is 7.08. The summed E-state index contributed by atoms with van der Waals surface area (Å²) in [5, 5.41) is 6.69. The summed E-state index contributed by atoms with van der Waals surface area (Å²) < 4.78 is 0. The van der Waals surface area contributed by atoms with Crippen molar-refractivity contribution < 1.29 is 4.79 Å². The maximum absolute atomic E-state index is 13.0. The van der Waals surface area contributed by atoms with E-state index in [1.807, 2.05) is 12.1 Å². The number of piperidine rings is 1. The van der Waals surface area contributed by atoms with Crippen LogP contribution in [0.5, 0.6) is 0 Å². The van der Waals surface area contributed by atoms with E-state index < -0.39 is 0 Å². The molecular weight excluding hydrogens is 372 g/mol. The van der Waals surface area contributed by atoms with Crippen LogP contribution in [0.1, 0.15) is 30.4 Å². The minimum Gasteiger partial charge on any atom is -0.351 e. The Hall–Kier alpha value is -1.92. The van der Waals surface area contributed by atoms with Gasteiger partial charge in [-0.2, -0.15) is 0 Å². The number of nitrogens with one attached hydrogen (secondary N) is 4. The smallest absolute Gasteiger partial charge is 0.239 e. The quantitative estimate of drug-likeness (QED) is 0.621. The predicted octanol–water partition coefficient (Wildman–Crippen LogP) is 2.20. The molecule has 4 rings (SSSR count). The van der Waals surface area contributed by atoms with Crippen molar-refractivity contribution in [2.24, 2.45) is 5.92 Å². The normalized spacial score (nSPS) is 24.9. The molecule has 6 heteroatoms. The number of halogens is 1. The fourth-order valence-electron chi connectivity index (χ4n) is 4.46. The van der Waals surface area contributed by atoms with Crippen molar-refractivity contribution >= 4 is 18.3 Å². The summed E-state index contributed by atoms with van der Waals surface area (Å²) in [6.45, 7) is 3.98. The van der Waals surface area contributed by atoms with Crippen LogP contribution < -0.4 is 21.5 Å². The van der Waals surface area contributed by atoms with Crippen molar-refractivity contribution in [3.63, 3.8) is 0 Å². The van der Waals surface area contributed by atoms with Gasteiger partial charge in [0.25, 0.3) is 0 Å². The number of rotatable bonds is 5. The van der Waals surface area contributed by atoms with E-state index in [1.54, 1.807) is 0 Å². The van der Waals surface area contributed by atoms with Gasteiger partial charge in [0.2, 0.25) is 5.91 Å². The van der Waals surface area contributed by atoms with Gasteiger partial charge in [-0.1, -0.05) is 60.7 Å². The van der Waals surface area contributed by atoms with Crippen molar-refractivity contribution in [1.82, 2.24) is 21.5 Å². The highest BCUT2D eigenvalue weighted by molar-refractivity contribution is 5.85. The summed E-state index contributed by atoms with van der Waals surface area (Å²) in [7, 11) is 0. The van der Waals surface area contributed by atoms with Gasteiger partial charge in [-0.25, -0.2) is 5.43 Å². The van der Waals surface area contributed by atoms with Gasteiger partial charge >= 0.3 is 0 Å². The highest BCUT2D eigenvalue weighted by Gasteiger charge is 2.41. The van der Waals surface area contributed by atoms with Crippen molar-refractivity contribution in [3.05, 3.63) is 71.8 Å². The summed E-state index contributed by atoms with van der Waals surface area (Å²) in [5.41, 5.74) is 8.95. The van der Waals surface area contributed by atoms with Gasteiger partial charge in [0.1, 0.15) is 6.04 Å². The molecule has 2 heterocycles. The first-order valence-corrected chi connectivity index (χ1v) is 9.86. The molecule has 4 unspecified atom stereocenters. The molecule has 0 aliphatic carbocycles. The van der Waals surface area contributed by atoms with E-state index in [2.05, 4.69) is 76.9 Å². The van der Waals surface area contributed by atoms with Crippen LogP contribution in [0.25, 0.3) is 0 Å². The summed E-state index contributed by atoms with van der Waals surface area (Å²) in [6, 6.07) is 21.0. The predicted molar refractivity (Wildman–Crippen MR) is 114 cm³/mol. The summed E-state index contributed by atoms with van der Waals surface area (Å²) in [4.78, 5) is 13.0. The third-order valence-corrected chi connectivity index (χ3v) is 5.85. The van der Waals surface area contributed by atoms with Crippen LogP contribution in [-0.2, 0) is 4.79 Å². The number of carbonyl (C=O) groups is 1. The second-order valence-corrected chi connectivity index (χ2v) is 7.63. The van der Waals surface area contributed by atoms with E-state index >= 15 is 0 Å². The van der Waals surface area contributed by atoms with Crippen LogP contribution in [0.3, 0.4) is 0 Å². The third kappa shape index (κ3) is 4.39. The van der Waals surface area contributed by atoms with Crippen molar-refractivity contribution in [2.75, 3.05) is 13.1 Å². The second-order valence-electron chi connectivity index (χ2n) is 7.63. The van der Waals surface area contributed by atoms with Crippen LogP contribution >= 0.6 is 12.4 Å². The lowest BCUT2D eigenvalue weighted by molar-refractivity contribution is -0.124. The standard InChI is InChI=1S/C22H28N4O.ClH/c1-15(24-22(27)21-18-14-23-13-12-19(18)25-26-21)20(16-8-4-2-5-9-16)17-10-6-3-7-11-17;/h2-11,15,18-21,23,25-26H,12-14H2,1H3,(H,24,27);1H. The first-order valence-electron chi connectivity index (χ1n) is 9.86. The van der Waals surface area contributed by atoms with Crippen LogP contribution in [0.2, 0.25) is 0 Å². The Morgan fingerprint density at radius 2 is 1.61 bits per heavy atom. The number of amides is 1. The van der Waals surface area contributed by atoms with E-state index in [-0.39, 0.29) is 42.2 Å². The Labute approximate surface area is 173 Å². The van der Waals surface area contributed by atoms with Crippen LogP contribution in [0.4, 0.5) is 0 Å². The molecule has 4 N–H and O–H groups in total. The fourth-order valence-corrected chi connectivity index (χ4v) is 4.46. The molecule has 0 bridgehead atoms. The Morgan fingerprint density at radius 1 is 1.00 bits per heavy atom.